The molecule has 0 radical (unpaired) electrons. The summed E-state index contributed by atoms with van der Waals surface area (Å²) >= 11 is 11.6. The number of hydrogen-bond donors (Lipinski definition) is 2. The Morgan fingerprint density at radius 1 is 1.08 bits per heavy atom. The first-order valence-corrected chi connectivity index (χ1v) is 7.28. The average Bonchev–Trinajstić information content (AvgIpc) is 2.49. The van der Waals surface area contributed by atoms with E-state index in [1.165, 1.54) is 12.1 Å². The molecule has 2 amide bonds. The third-order valence-electron chi connectivity index (χ3n) is 2.99. The average molecular weight is 381 g/mol. The zero-order valence-electron chi connectivity index (χ0n) is 11.8. The molecular weight excluding hydrogens is 371 g/mol. The van der Waals surface area contributed by atoms with Gasteiger partial charge in [0.25, 0.3) is 0 Å². The van der Waals surface area contributed by atoms with Crippen LogP contribution in [0, 0.1) is 5.82 Å². The zero-order valence-corrected chi connectivity index (χ0v) is 13.4. The highest BCUT2D eigenvalue weighted by Crippen LogP contribution is 2.33. The Morgan fingerprint density at radius 2 is 1.79 bits per heavy atom. The third kappa shape index (κ3) is 4.52. The summed E-state index contributed by atoms with van der Waals surface area (Å²) in [6.07, 6.45) is -4.85. The number of hydrogen-bond acceptors (Lipinski definition) is 1. The lowest BCUT2D eigenvalue weighted by atomic mass is 10.2. The maximum absolute atomic E-state index is 13.8. The minimum atomic E-state index is -4.85. The smallest absolute Gasteiger partial charge is 0.334 e. The number of benzene rings is 2. The molecule has 3 nitrogen and oxygen atoms in total. The van der Waals surface area contributed by atoms with Crippen LogP contribution < -0.4 is 10.6 Å². The Bertz CT molecular complexity index is 766. The summed E-state index contributed by atoms with van der Waals surface area (Å²) in [4.78, 5) is 11.7. The van der Waals surface area contributed by atoms with Crippen molar-refractivity contribution in [1.82, 2.24) is 5.32 Å². The summed E-state index contributed by atoms with van der Waals surface area (Å²) in [6.45, 7) is 0.0311. The quantitative estimate of drug-likeness (QED) is 0.680. The molecule has 0 aromatic heterocycles. The van der Waals surface area contributed by atoms with E-state index in [0.717, 1.165) is 12.1 Å². The van der Waals surface area contributed by atoms with Crippen LogP contribution in [0.5, 0.6) is 0 Å². The Morgan fingerprint density at radius 3 is 2.42 bits per heavy atom. The van der Waals surface area contributed by atoms with Crippen LogP contribution in [0.15, 0.2) is 36.4 Å². The van der Waals surface area contributed by atoms with E-state index in [9.17, 15) is 22.4 Å². The number of halogens is 6. The second-order valence-corrected chi connectivity index (χ2v) is 5.54. The van der Waals surface area contributed by atoms with Gasteiger partial charge >= 0.3 is 12.2 Å². The van der Waals surface area contributed by atoms with Gasteiger partial charge < -0.3 is 10.6 Å². The standard InChI is InChI=1S/C15H10Cl2F4N2O/c16-10-5-4-8(6-11(10)17)7-22-14(24)23-12-3-1-2-9(13(12)18)15(19,20)21/h1-6H,7H2,(H2,22,23,24). The van der Waals surface area contributed by atoms with Gasteiger partial charge in [0.15, 0.2) is 5.82 Å². The molecule has 9 heteroatoms. The minimum absolute atomic E-state index is 0.0311. The Hall–Kier alpha value is -1.99. The first-order valence-electron chi connectivity index (χ1n) is 6.53. The van der Waals surface area contributed by atoms with Gasteiger partial charge in [-0.3, -0.25) is 0 Å². The predicted octanol–water partition coefficient (Wildman–Crippen LogP) is 5.47. The summed E-state index contributed by atoms with van der Waals surface area (Å²) in [6, 6.07) is 6.43. The van der Waals surface area contributed by atoms with Crippen LogP contribution in [0.4, 0.5) is 28.0 Å². The Labute approximate surface area is 144 Å². The van der Waals surface area contributed by atoms with Gasteiger partial charge in [-0.15, -0.1) is 0 Å². The monoisotopic (exact) mass is 380 g/mol. The van der Waals surface area contributed by atoms with Gasteiger partial charge in [0.2, 0.25) is 0 Å². The molecule has 0 saturated carbocycles. The molecule has 2 aromatic rings. The van der Waals surface area contributed by atoms with Crippen molar-refractivity contribution in [3.05, 3.63) is 63.4 Å². The number of carbonyl (C=O) groups is 1. The molecule has 0 bridgehead atoms. The number of anilines is 1. The van der Waals surface area contributed by atoms with Crippen LogP contribution in [0.3, 0.4) is 0 Å². The third-order valence-corrected chi connectivity index (χ3v) is 3.73. The van der Waals surface area contributed by atoms with Gasteiger partial charge in [0, 0.05) is 6.54 Å². The van der Waals surface area contributed by atoms with Crippen LogP contribution in [0.2, 0.25) is 10.0 Å². The molecule has 2 rings (SSSR count). The van der Waals surface area contributed by atoms with Crippen molar-refractivity contribution < 1.29 is 22.4 Å². The molecule has 128 valence electrons. The summed E-state index contributed by atoms with van der Waals surface area (Å²) < 4.78 is 51.6. The van der Waals surface area contributed by atoms with Gasteiger partial charge in [0.05, 0.1) is 21.3 Å². The molecule has 0 fully saturated rings. The van der Waals surface area contributed by atoms with Crippen LogP contribution >= 0.6 is 23.2 Å². The largest absolute Gasteiger partial charge is 0.419 e. The summed E-state index contributed by atoms with van der Waals surface area (Å²) in [5.74, 6) is -1.55. The fraction of sp³-hybridized carbons (Fsp3) is 0.133. The van der Waals surface area contributed by atoms with Crippen molar-refractivity contribution >= 4 is 34.9 Å². The van der Waals surface area contributed by atoms with E-state index < -0.39 is 29.3 Å². The van der Waals surface area contributed by atoms with Crippen molar-refractivity contribution in [2.45, 2.75) is 12.7 Å². The van der Waals surface area contributed by atoms with Gasteiger partial charge in [-0.1, -0.05) is 35.3 Å². The number of carbonyl (C=O) groups excluding carboxylic acids is 1. The molecule has 0 aliphatic heterocycles. The lowest BCUT2D eigenvalue weighted by Gasteiger charge is -2.12. The highest BCUT2D eigenvalue weighted by molar-refractivity contribution is 6.42. The van der Waals surface area contributed by atoms with Crippen LogP contribution in [-0.2, 0) is 12.7 Å². The molecule has 2 aromatic carbocycles. The number of urea groups is 1. The zero-order chi connectivity index (χ0) is 17.9. The normalized spacial score (nSPS) is 11.2. The van der Waals surface area contributed by atoms with Crippen molar-refractivity contribution in [3.8, 4) is 0 Å². The fourth-order valence-corrected chi connectivity index (χ4v) is 2.17. The first-order chi connectivity index (χ1) is 11.2. The maximum Gasteiger partial charge on any atom is 0.419 e. The molecule has 0 unspecified atom stereocenters. The van der Waals surface area contributed by atoms with Gasteiger partial charge in [-0.25, -0.2) is 9.18 Å². The Kier molecular flexibility index (Phi) is 5.56. The van der Waals surface area contributed by atoms with E-state index in [1.54, 1.807) is 6.07 Å². The van der Waals surface area contributed by atoms with Crippen molar-refractivity contribution in [2.24, 2.45) is 0 Å². The van der Waals surface area contributed by atoms with E-state index in [1.807, 2.05) is 5.32 Å². The van der Waals surface area contributed by atoms with E-state index in [2.05, 4.69) is 5.32 Å². The molecule has 0 atom stereocenters. The van der Waals surface area contributed by atoms with Crippen LogP contribution in [0.25, 0.3) is 0 Å². The summed E-state index contributed by atoms with van der Waals surface area (Å²) in [5, 5.41) is 5.05. The molecule has 0 aliphatic carbocycles. The maximum atomic E-state index is 13.8. The number of amides is 2. The lowest BCUT2D eigenvalue weighted by Crippen LogP contribution is -2.28. The molecule has 0 heterocycles. The second kappa shape index (κ2) is 7.27. The van der Waals surface area contributed by atoms with Crippen molar-refractivity contribution in [3.63, 3.8) is 0 Å². The first kappa shape index (κ1) is 18.4. The number of rotatable bonds is 3. The van der Waals surface area contributed by atoms with E-state index in [-0.39, 0.29) is 6.54 Å². The van der Waals surface area contributed by atoms with Crippen LogP contribution in [-0.4, -0.2) is 6.03 Å². The number of nitrogens with one attached hydrogen (secondary N) is 2. The molecule has 2 N–H and O–H groups in total. The van der Waals surface area contributed by atoms with E-state index >= 15 is 0 Å². The second-order valence-electron chi connectivity index (χ2n) is 4.72. The van der Waals surface area contributed by atoms with Gasteiger partial charge in [-0.05, 0) is 29.8 Å². The highest BCUT2D eigenvalue weighted by Gasteiger charge is 2.35. The predicted molar refractivity (Wildman–Crippen MR) is 83.7 cm³/mol. The van der Waals surface area contributed by atoms with Crippen molar-refractivity contribution in [1.29, 1.82) is 0 Å². The van der Waals surface area contributed by atoms with Crippen LogP contribution in [0.1, 0.15) is 11.1 Å². The van der Waals surface area contributed by atoms with Crippen molar-refractivity contribution in [2.75, 3.05) is 5.32 Å². The lowest BCUT2D eigenvalue weighted by molar-refractivity contribution is -0.139. The van der Waals surface area contributed by atoms with E-state index in [4.69, 9.17) is 23.2 Å². The molecular formula is C15H10Cl2F4N2O. The van der Waals surface area contributed by atoms with Gasteiger partial charge in [-0.2, -0.15) is 13.2 Å². The molecule has 24 heavy (non-hydrogen) atoms. The van der Waals surface area contributed by atoms with E-state index in [0.29, 0.717) is 21.7 Å². The molecule has 0 saturated heterocycles. The SMILES string of the molecule is O=C(NCc1ccc(Cl)c(Cl)c1)Nc1cccc(C(F)(F)F)c1F. The highest BCUT2D eigenvalue weighted by atomic mass is 35.5. The Balaban J connectivity index is 2.04. The van der Waals surface area contributed by atoms with Gasteiger partial charge in [0.1, 0.15) is 0 Å². The molecule has 0 spiro atoms. The summed E-state index contributed by atoms with van der Waals surface area (Å²) in [7, 11) is 0. The minimum Gasteiger partial charge on any atom is -0.334 e. The molecule has 0 aliphatic rings. The topological polar surface area (TPSA) is 41.1 Å². The summed E-state index contributed by atoms with van der Waals surface area (Å²) in [5.41, 5.74) is -1.41. The fourth-order valence-electron chi connectivity index (χ4n) is 1.85. The number of alkyl halides is 3.